The number of rotatable bonds is 5. The van der Waals surface area contributed by atoms with E-state index in [1.54, 1.807) is 6.07 Å². The molecular weight excluding hydrogens is 502 g/mol. The number of thiocarbonyl (C=S) groups is 1. The van der Waals surface area contributed by atoms with Crippen molar-refractivity contribution in [2.24, 2.45) is 0 Å². The van der Waals surface area contributed by atoms with Crippen molar-refractivity contribution in [2.45, 2.75) is 19.2 Å². The Morgan fingerprint density at radius 1 is 1.18 bits per heavy atom. The molecule has 0 spiro atoms. The molecule has 1 heterocycles. The maximum Gasteiger partial charge on any atom is 0.416 e. The number of hydrogen-bond donors (Lipinski definition) is 2. The van der Waals surface area contributed by atoms with E-state index in [0.717, 1.165) is 12.1 Å². The van der Waals surface area contributed by atoms with Gasteiger partial charge in [-0.3, -0.25) is 10.1 Å². The molecule has 1 unspecified atom stereocenters. The van der Waals surface area contributed by atoms with Gasteiger partial charge in [-0.2, -0.15) is 13.2 Å². The molecule has 0 bridgehead atoms. The van der Waals surface area contributed by atoms with Crippen molar-refractivity contribution in [2.75, 3.05) is 36.5 Å². The summed E-state index contributed by atoms with van der Waals surface area (Å²) in [5, 5.41) is 5.60. The Bertz CT molecular complexity index is 1030. The maximum atomic E-state index is 13.3. The molecule has 12 heteroatoms. The Kier molecular flexibility index (Phi) is 8.28. The van der Waals surface area contributed by atoms with Gasteiger partial charge in [-0.1, -0.05) is 23.2 Å². The number of ether oxygens (including phenoxy) is 2. The van der Waals surface area contributed by atoms with Crippen LogP contribution in [0.15, 0.2) is 36.4 Å². The molecule has 1 amide bonds. The third kappa shape index (κ3) is 6.86. The predicted molar refractivity (Wildman–Crippen MR) is 125 cm³/mol. The van der Waals surface area contributed by atoms with Gasteiger partial charge in [0.2, 0.25) is 0 Å². The summed E-state index contributed by atoms with van der Waals surface area (Å²) in [6.45, 7) is 3.39. The summed E-state index contributed by atoms with van der Waals surface area (Å²) in [7, 11) is 0. The van der Waals surface area contributed by atoms with Gasteiger partial charge in [0.25, 0.3) is 5.91 Å². The van der Waals surface area contributed by atoms with E-state index in [9.17, 15) is 18.0 Å². The minimum Gasteiger partial charge on any atom is -0.479 e. The molecule has 0 aromatic heterocycles. The lowest BCUT2D eigenvalue weighted by Gasteiger charge is -2.31. The van der Waals surface area contributed by atoms with Crippen LogP contribution in [-0.2, 0) is 15.7 Å². The summed E-state index contributed by atoms with van der Waals surface area (Å²) in [4.78, 5) is 14.4. The van der Waals surface area contributed by atoms with Gasteiger partial charge in [0.1, 0.15) is 5.75 Å². The second kappa shape index (κ2) is 10.8. The first-order valence-corrected chi connectivity index (χ1v) is 11.0. The molecule has 1 aliphatic rings. The molecule has 33 heavy (non-hydrogen) atoms. The van der Waals surface area contributed by atoms with Crippen LogP contribution in [0, 0.1) is 0 Å². The topological polar surface area (TPSA) is 62.8 Å². The van der Waals surface area contributed by atoms with E-state index >= 15 is 0 Å². The summed E-state index contributed by atoms with van der Waals surface area (Å²) in [6.07, 6.45) is -5.53. The number of anilines is 2. The van der Waals surface area contributed by atoms with Gasteiger partial charge in [-0.15, -0.1) is 0 Å². The Morgan fingerprint density at radius 2 is 1.88 bits per heavy atom. The fraction of sp³-hybridized carbons (Fsp3) is 0.333. The first-order valence-electron chi connectivity index (χ1n) is 9.82. The minimum atomic E-state index is -4.54. The van der Waals surface area contributed by atoms with Gasteiger partial charge < -0.3 is 19.7 Å². The Balaban J connectivity index is 1.71. The van der Waals surface area contributed by atoms with Crippen molar-refractivity contribution >= 4 is 57.8 Å². The molecule has 3 rings (SSSR count). The molecule has 0 radical (unpaired) electrons. The highest BCUT2D eigenvalue weighted by molar-refractivity contribution is 7.80. The van der Waals surface area contributed by atoms with Crippen LogP contribution in [0.5, 0.6) is 5.75 Å². The first-order chi connectivity index (χ1) is 15.5. The van der Waals surface area contributed by atoms with Gasteiger partial charge in [0, 0.05) is 18.1 Å². The van der Waals surface area contributed by atoms with Crippen molar-refractivity contribution in [3.63, 3.8) is 0 Å². The zero-order valence-corrected chi connectivity index (χ0v) is 19.7. The van der Waals surface area contributed by atoms with E-state index in [1.165, 1.54) is 25.1 Å². The van der Waals surface area contributed by atoms with Crippen LogP contribution in [0.4, 0.5) is 24.5 Å². The number of benzene rings is 2. The molecule has 2 N–H and O–H groups in total. The van der Waals surface area contributed by atoms with Crippen molar-refractivity contribution in [3.05, 3.63) is 52.0 Å². The molecular formula is C21H20Cl2F3N3O3S. The third-order valence-electron chi connectivity index (χ3n) is 4.73. The van der Waals surface area contributed by atoms with Crippen molar-refractivity contribution in [1.82, 2.24) is 5.32 Å². The molecule has 2 aromatic rings. The SMILES string of the molecule is CC(Oc1ccc(Cl)cc1Cl)C(=O)NC(=S)Nc1cc(C(F)(F)F)ccc1N1CCOCC1. The summed E-state index contributed by atoms with van der Waals surface area (Å²) < 4.78 is 50.6. The zero-order chi connectivity index (χ0) is 24.2. The summed E-state index contributed by atoms with van der Waals surface area (Å²) in [6, 6.07) is 7.87. The molecule has 0 saturated carbocycles. The van der Waals surface area contributed by atoms with Crippen LogP contribution in [0.1, 0.15) is 12.5 Å². The van der Waals surface area contributed by atoms with Gasteiger partial charge in [0.15, 0.2) is 11.2 Å². The molecule has 1 saturated heterocycles. The number of halogens is 5. The van der Waals surface area contributed by atoms with E-state index in [-0.39, 0.29) is 21.6 Å². The number of nitrogens with one attached hydrogen (secondary N) is 2. The lowest BCUT2D eigenvalue weighted by Crippen LogP contribution is -2.42. The number of hydrogen-bond acceptors (Lipinski definition) is 5. The molecule has 0 aliphatic carbocycles. The summed E-state index contributed by atoms with van der Waals surface area (Å²) in [5.74, 6) is -0.367. The number of carbonyl (C=O) groups excluding carboxylic acids is 1. The second-order valence-electron chi connectivity index (χ2n) is 7.11. The normalized spacial score (nSPS) is 15.0. The fourth-order valence-corrected chi connectivity index (χ4v) is 3.74. The molecule has 1 aliphatic heterocycles. The van der Waals surface area contributed by atoms with Crippen LogP contribution >= 0.6 is 35.4 Å². The summed E-state index contributed by atoms with van der Waals surface area (Å²) >= 11 is 17.1. The lowest BCUT2D eigenvalue weighted by molar-refractivity contribution is -0.137. The number of alkyl halides is 3. The fourth-order valence-electron chi connectivity index (χ4n) is 3.07. The molecule has 1 fully saturated rings. The molecule has 1 atom stereocenters. The highest BCUT2D eigenvalue weighted by Gasteiger charge is 2.32. The van der Waals surface area contributed by atoms with Gasteiger partial charge >= 0.3 is 6.18 Å². The number of amides is 1. The molecule has 178 valence electrons. The Hall–Kier alpha value is -2.27. The van der Waals surface area contributed by atoms with Gasteiger partial charge in [-0.05, 0) is 55.5 Å². The zero-order valence-electron chi connectivity index (χ0n) is 17.3. The van der Waals surface area contributed by atoms with E-state index in [1.807, 2.05) is 4.90 Å². The van der Waals surface area contributed by atoms with Crippen molar-refractivity contribution < 1.29 is 27.4 Å². The average Bonchev–Trinajstić information content (AvgIpc) is 2.75. The third-order valence-corrected chi connectivity index (χ3v) is 5.46. The van der Waals surface area contributed by atoms with E-state index in [2.05, 4.69) is 10.6 Å². The molecule has 6 nitrogen and oxygen atoms in total. The van der Waals surface area contributed by atoms with Crippen LogP contribution in [0.3, 0.4) is 0 Å². The Morgan fingerprint density at radius 3 is 2.52 bits per heavy atom. The van der Waals surface area contributed by atoms with Crippen molar-refractivity contribution in [1.29, 1.82) is 0 Å². The quantitative estimate of drug-likeness (QED) is 0.532. The van der Waals surface area contributed by atoms with Crippen LogP contribution < -0.4 is 20.3 Å². The maximum absolute atomic E-state index is 13.3. The largest absolute Gasteiger partial charge is 0.479 e. The average molecular weight is 522 g/mol. The van der Waals surface area contributed by atoms with Crippen LogP contribution in [0.25, 0.3) is 0 Å². The smallest absolute Gasteiger partial charge is 0.416 e. The Labute approximate surface area is 203 Å². The highest BCUT2D eigenvalue weighted by Crippen LogP contribution is 2.36. The van der Waals surface area contributed by atoms with Crippen LogP contribution in [-0.4, -0.2) is 43.4 Å². The standard InChI is InChI=1S/C21H20Cl2F3N3O3S/c1-12(32-18-5-3-14(22)11-15(18)23)19(30)28-20(33)27-16-10-13(21(24,25)26)2-4-17(16)29-6-8-31-9-7-29/h2-5,10-12H,6-9H2,1H3,(H2,27,28,30,33). The first kappa shape index (κ1) is 25.4. The minimum absolute atomic E-state index is 0.117. The summed E-state index contributed by atoms with van der Waals surface area (Å²) in [5.41, 5.74) is -0.211. The second-order valence-corrected chi connectivity index (χ2v) is 8.36. The van der Waals surface area contributed by atoms with Gasteiger partial charge in [-0.25, -0.2) is 0 Å². The van der Waals surface area contributed by atoms with E-state index in [0.29, 0.717) is 37.0 Å². The lowest BCUT2D eigenvalue weighted by atomic mass is 10.1. The molecule has 2 aromatic carbocycles. The van der Waals surface area contributed by atoms with Crippen molar-refractivity contribution in [3.8, 4) is 5.75 Å². The predicted octanol–water partition coefficient (Wildman–Crippen LogP) is 5.13. The van der Waals surface area contributed by atoms with Gasteiger partial charge in [0.05, 0.1) is 35.2 Å². The van der Waals surface area contributed by atoms with E-state index < -0.39 is 23.8 Å². The number of carbonyl (C=O) groups is 1. The monoisotopic (exact) mass is 521 g/mol. The number of nitrogens with zero attached hydrogens (tertiary/aromatic N) is 1. The highest BCUT2D eigenvalue weighted by atomic mass is 35.5. The van der Waals surface area contributed by atoms with E-state index in [4.69, 9.17) is 44.9 Å². The van der Waals surface area contributed by atoms with Crippen LogP contribution in [0.2, 0.25) is 10.0 Å². The number of morpholine rings is 1.